The van der Waals surface area contributed by atoms with Gasteiger partial charge in [0.05, 0.1) is 21.1 Å². The average molecular weight is 484 g/mol. The molecule has 0 saturated heterocycles. The molecule has 1 N–H and O–H groups in total. The van der Waals surface area contributed by atoms with E-state index < -0.39 is 25.3 Å². The Labute approximate surface area is 199 Å². The number of carbonyl (C=O) groups excluding carboxylic acids is 2. The summed E-state index contributed by atoms with van der Waals surface area (Å²) in [7, 11) is -4.14. The molecular weight excluding hydrogens is 468 g/mol. The lowest BCUT2D eigenvalue weighted by Crippen LogP contribution is -2.22. The maximum atomic E-state index is 13.2. The first-order valence-corrected chi connectivity index (χ1v) is 11.9. The van der Waals surface area contributed by atoms with E-state index in [1.165, 1.54) is 30.3 Å². The fourth-order valence-corrected chi connectivity index (χ4v) is 5.52. The van der Waals surface area contributed by atoms with Crippen LogP contribution in [0, 0.1) is 10.1 Å². The zero-order chi connectivity index (χ0) is 24.7. The Bertz CT molecular complexity index is 1650. The third-order valence-electron chi connectivity index (χ3n) is 5.73. The summed E-state index contributed by atoms with van der Waals surface area (Å²) in [6, 6.07) is 22.3. The number of nitro groups is 1. The maximum Gasteiger partial charge on any atom is 0.290 e. The Balaban J connectivity index is 1.58. The number of rotatable bonds is 5. The monoisotopic (exact) mass is 484 g/mol. The average Bonchev–Trinajstić information content (AvgIpc) is 2.87. The van der Waals surface area contributed by atoms with Gasteiger partial charge in [-0.05, 0) is 30.3 Å². The number of fused-ring (bicyclic) bond motifs is 2. The van der Waals surface area contributed by atoms with E-state index in [9.17, 15) is 28.1 Å². The van der Waals surface area contributed by atoms with Crippen molar-refractivity contribution in [3.63, 3.8) is 0 Å². The fraction of sp³-hybridized carbons (Fsp3) is 0. The molecule has 35 heavy (non-hydrogen) atoms. The van der Waals surface area contributed by atoms with E-state index >= 15 is 0 Å². The summed E-state index contributed by atoms with van der Waals surface area (Å²) in [6.07, 6.45) is 0. The lowest BCUT2D eigenvalue weighted by atomic mass is 9.83. The number of carbonyl (C=O) groups is 2. The maximum absolute atomic E-state index is 13.2. The topological polar surface area (TPSA) is 123 Å². The summed E-state index contributed by atoms with van der Waals surface area (Å²) in [5.74, 6) is -0.648. The number of ketones is 2. The van der Waals surface area contributed by atoms with Crippen LogP contribution in [0.15, 0.2) is 101 Å². The van der Waals surface area contributed by atoms with E-state index in [0.29, 0.717) is 5.56 Å². The number of sulfone groups is 1. The van der Waals surface area contributed by atoms with Crippen LogP contribution in [0.3, 0.4) is 0 Å². The van der Waals surface area contributed by atoms with Crippen molar-refractivity contribution in [2.45, 2.75) is 9.79 Å². The molecule has 0 aromatic heterocycles. The highest BCUT2D eigenvalue weighted by atomic mass is 32.2. The summed E-state index contributed by atoms with van der Waals surface area (Å²) >= 11 is 0. The minimum Gasteiger partial charge on any atom is -0.355 e. The number of nitro benzene ring substituents is 1. The van der Waals surface area contributed by atoms with Crippen molar-refractivity contribution in [2.24, 2.45) is 0 Å². The first-order chi connectivity index (χ1) is 16.8. The molecule has 4 aromatic rings. The Morgan fingerprint density at radius 1 is 0.714 bits per heavy atom. The summed E-state index contributed by atoms with van der Waals surface area (Å²) in [6.45, 7) is 0. The van der Waals surface area contributed by atoms with Gasteiger partial charge in [0, 0.05) is 28.4 Å². The number of anilines is 2. The molecule has 0 aliphatic heterocycles. The van der Waals surface area contributed by atoms with Gasteiger partial charge in [0.1, 0.15) is 4.90 Å². The molecule has 9 heteroatoms. The molecule has 4 aromatic carbocycles. The third kappa shape index (κ3) is 3.68. The number of hydrogen-bond acceptors (Lipinski definition) is 7. The van der Waals surface area contributed by atoms with Crippen LogP contribution in [0.1, 0.15) is 31.8 Å². The highest BCUT2D eigenvalue weighted by Gasteiger charge is 2.32. The third-order valence-corrected chi connectivity index (χ3v) is 7.55. The summed E-state index contributed by atoms with van der Waals surface area (Å²) in [5, 5.41) is 14.7. The van der Waals surface area contributed by atoms with E-state index in [4.69, 9.17) is 0 Å². The molecule has 0 fully saturated rings. The lowest BCUT2D eigenvalue weighted by Gasteiger charge is -2.20. The molecule has 0 saturated carbocycles. The molecule has 8 nitrogen and oxygen atoms in total. The van der Waals surface area contributed by atoms with Gasteiger partial charge in [-0.1, -0.05) is 54.6 Å². The number of benzene rings is 4. The van der Waals surface area contributed by atoms with Gasteiger partial charge in [0.25, 0.3) is 5.69 Å². The highest BCUT2D eigenvalue weighted by molar-refractivity contribution is 7.91. The van der Waals surface area contributed by atoms with Crippen LogP contribution in [0.25, 0.3) is 0 Å². The van der Waals surface area contributed by atoms with Crippen LogP contribution in [0.5, 0.6) is 0 Å². The van der Waals surface area contributed by atoms with Crippen molar-refractivity contribution < 1.29 is 22.9 Å². The molecule has 0 heterocycles. The van der Waals surface area contributed by atoms with Crippen molar-refractivity contribution in [3.8, 4) is 0 Å². The van der Waals surface area contributed by atoms with Crippen LogP contribution >= 0.6 is 0 Å². The molecule has 172 valence electrons. The molecule has 0 amide bonds. The largest absolute Gasteiger partial charge is 0.355 e. The number of nitrogens with zero attached hydrogens (tertiary/aromatic N) is 1. The zero-order valence-corrected chi connectivity index (χ0v) is 18.8. The minimum absolute atomic E-state index is 0.0660. The van der Waals surface area contributed by atoms with E-state index in [1.54, 1.807) is 48.5 Å². The van der Waals surface area contributed by atoms with Crippen molar-refractivity contribution >= 4 is 38.5 Å². The SMILES string of the molecule is O=C1c2ccccc2C(=O)c2c(Nc3ccc(S(=O)(=O)c4ccccc4)c([N+](=O)[O-])c3)cccc21. The van der Waals surface area contributed by atoms with Gasteiger partial charge in [-0.3, -0.25) is 19.7 Å². The zero-order valence-electron chi connectivity index (χ0n) is 18.0. The molecule has 0 spiro atoms. The van der Waals surface area contributed by atoms with Crippen molar-refractivity contribution in [1.82, 2.24) is 0 Å². The molecule has 5 rings (SSSR count). The molecule has 0 atom stereocenters. The standard InChI is InChI=1S/C26H16N2O6S/c29-25-18-9-4-5-10-19(18)26(30)24-20(25)11-6-12-21(24)27-16-13-14-23(22(15-16)28(31)32)35(33,34)17-7-2-1-3-8-17/h1-15,27H. The quantitative estimate of drug-likeness (QED) is 0.277. The van der Waals surface area contributed by atoms with Gasteiger partial charge in [-0.2, -0.15) is 0 Å². The van der Waals surface area contributed by atoms with Gasteiger partial charge in [0.2, 0.25) is 9.84 Å². The van der Waals surface area contributed by atoms with Crippen LogP contribution in [-0.2, 0) is 9.84 Å². The van der Waals surface area contributed by atoms with Crippen molar-refractivity contribution in [2.75, 3.05) is 5.32 Å². The Kier molecular flexibility index (Phi) is 5.26. The van der Waals surface area contributed by atoms with Crippen molar-refractivity contribution in [1.29, 1.82) is 0 Å². The lowest BCUT2D eigenvalue weighted by molar-refractivity contribution is -0.387. The second-order valence-electron chi connectivity index (χ2n) is 7.81. The van der Waals surface area contributed by atoms with E-state index in [0.717, 1.165) is 12.1 Å². The normalized spacial score (nSPS) is 12.6. The molecule has 0 bridgehead atoms. The summed E-state index contributed by atoms with van der Waals surface area (Å²) in [4.78, 5) is 36.7. The summed E-state index contributed by atoms with van der Waals surface area (Å²) < 4.78 is 26.0. The molecule has 0 unspecified atom stereocenters. The predicted molar refractivity (Wildman–Crippen MR) is 128 cm³/mol. The van der Waals surface area contributed by atoms with Gasteiger partial charge in [-0.15, -0.1) is 0 Å². The molecule has 0 radical (unpaired) electrons. The van der Waals surface area contributed by atoms with Crippen LogP contribution in [-0.4, -0.2) is 24.9 Å². The van der Waals surface area contributed by atoms with Gasteiger partial charge in [0.15, 0.2) is 11.6 Å². The first-order valence-electron chi connectivity index (χ1n) is 10.5. The van der Waals surface area contributed by atoms with E-state index in [2.05, 4.69) is 5.32 Å². The van der Waals surface area contributed by atoms with Crippen LogP contribution < -0.4 is 5.32 Å². The highest BCUT2D eigenvalue weighted by Crippen LogP contribution is 2.36. The van der Waals surface area contributed by atoms with E-state index in [1.807, 2.05) is 0 Å². The van der Waals surface area contributed by atoms with Crippen LogP contribution in [0.4, 0.5) is 17.1 Å². The second kappa shape index (κ2) is 8.30. The second-order valence-corrected chi connectivity index (χ2v) is 9.73. The molecule has 1 aliphatic carbocycles. The minimum atomic E-state index is -4.14. The van der Waals surface area contributed by atoms with Crippen molar-refractivity contribution in [3.05, 3.63) is 123 Å². The van der Waals surface area contributed by atoms with E-state index in [-0.39, 0.29) is 44.5 Å². The number of hydrogen-bond donors (Lipinski definition) is 1. The van der Waals surface area contributed by atoms with Gasteiger partial charge < -0.3 is 5.32 Å². The molecular formula is C26H16N2O6S. The molecule has 1 aliphatic rings. The fourth-order valence-electron chi connectivity index (χ4n) is 4.10. The first kappa shape index (κ1) is 22.2. The van der Waals surface area contributed by atoms with Crippen LogP contribution in [0.2, 0.25) is 0 Å². The Morgan fingerprint density at radius 3 is 2.03 bits per heavy atom. The number of nitrogens with one attached hydrogen (secondary N) is 1. The Hall–Kier alpha value is -4.63. The Morgan fingerprint density at radius 2 is 1.34 bits per heavy atom. The van der Waals surface area contributed by atoms with Gasteiger partial charge >= 0.3 is 0 Å². The predicted octanol–water partition coefficient (Wildman–Crippen LogP) is 4.95. The summed E-state index contributed by atoms with van der Waals surface area (Å²) in [5.41, 5.74) is 0.815. The van der Waals surface area contributed by atoms with Gasteiger partial charge in [-0.25, -0.2) is 8.42 Å². The smallest absolute Gasteiger partial charge is 0.290 e.